The molecule has 0 bridgehead atoms. The predicted octanol–water partition coefficient (Wildman–Crippen LogP) is 6.52. The third-order valence-corrected chi connectivity index (χ3v) is 8.01. The average molecular weight is 540 g/mol. The van der Waals surface area contributed by atoms with Gasteiger partial charge in [-0.25, -0.2) is 19.7 Å². The number of carbonyl (C=O) groups is 1. The fourth-order valence-corrected chi connectivity index (χ4v) is 5.73. The molecule has 0 saturated carbocycles. The minimum absolute atomic E-state index is 0.215. The van der Waals surface area contributed by atoms with E-state index in [9.17, 15) is 4.79 Å². The van der Waals surface area contributed by atoms with Crippen molar-refractivity contribution < 1.29 is 14.3 Å². The first kappa shape index (κ1) is 27.1. The first-order chi connectivity index (χ1) is 17.9. The predicted molar refractivity (Wildman–Crippen MR) is 152 cm³/mol. The maximum absolute atomic E-state index is 12.2. The second-order valence-electron chi connectivity index (χ2n) is 9.55. The highest BCUT2D eigenvalue weighted by Gasteiger charge is 2.26. The first-order valence-electron chi connectivity index (χ1n) is 12.4. The zero-order chi connectivity index (χ0) is 26.3. The first-order valence-corrected chi connectivity index (χ1v) is 14.7. The van der Waals surface area contributed by atoms with Crippen LogP contribution in [-0.2, 0) is 22.4 Å². The number of anilines is 1. The van der Waals surface area contributed by atoms with Gasteiger partial charge in [-0.3, -0.25) is 0 Å². The summed E-state index contributed by atoms with van der Waals surface area (Å²) in [7, 11) is 3.13. The van der Waals surface area contributed by atoms with Crippen LogP contribution in [0.25, 0.3) is 21.9 Å². The standard InChI is InChI=1S/C27H33N5O3S2/c1-4-5-12-21-31-23-24(19-10-6-7-11-20(19)30-25(23)28)32(21)17-27(2,3)18-35-26(33)34-15-16-36-37-22-13-8-9-14-29-22/h6-11,13-14H,4-5,12,15-18H2,1-3H3,(H2,28,30). The third kappa shape index (κ3) is 7.07. The molecule has 4 rings (SSSR count). The minimum atomic E-state index is -0.655. The number of pyridine rings is 2. The molecule has 0 fully saturated rings. The van der Waals surface area contributed by atoms with Gasteiger partial charge >= 0.3 is 6.16 Å². The monoisotopic (exact) mass is 539 g/mol. The van der Waals surface area contributed by atoms with Gasteiger partial charge in [-0.05, 0) is 35.4 Å². The summed E-state index contributed by atoms with van der Waals surface area (Å²) in [6, 6.07) is 13.7. The highest BCUT2D eigenvalue weighted by molar-refractivity contribution is 8.76. The molecular weight excluding hydrogens is 506 g/mol. The van der Waals surface area contributed by atoms with Crippen LogP contribution in [0.3, 0.4) is 0 Å². The van der Waals surface area contributed by atoms with E-state index in [0.29, 0.717) is 18.1 Å². The number of hydrogen-bond donors (Lipinski definition) is 1. The number of unbranched alkanes of at least 4 members (excludes halogenated alkanes) is 1. The molecule has 2 N–H and O–H groups in total. The molecule has 0 aliphatic heterocycles. The van der Waals surface area contributed by atoms with E-state index >= 15 is 0 Å². The van der Waals surface area contributed by atoms with Crippen LogP contribution in [0.2, 0.25) is 0 Å². The van der Waals surface area contributed by atoms with Gasteiger partial charge in [0.1, 0.15) is 29.6 Å². The van der Waals surface area contributed by atoms with Crippen LogP contribution in [0, 0.1) is 5.41 Å². The van der Waals surface area contributed by atoms with Gasteiger partial charge in [0.05, 0.1) is 11.0 Å². The molecule has 3 heterocycles. The number of aryl methyl sites for hydroxylation is 1. The third-order valence-electron chi connectivity index (χ3n) is 5.78. The molecule has 0 amide bonds. The van der Waals surface area contributed by atoms with Crippen molar-refractivity contribution in [3.05, 3.63) is 54.5 Å². The largest absolute Gasteiger partial charge is 0.508 e. The Bertz CT molecular complexity index is 1340. The summed E-state index contributed by atoms with van der Waals surface area (Å²) in [5, 5.41) is 1.94. The van der Waals surface area contributed by atoms with E-state index in [1.54, 1.807) is 27.8 Å². The van der Waals surface area contributed by atoms with Gasteiger partial charge in [-0.15, -0.1) is 0 Å². The highest BCUT2D eigenvalue weighted by atomic mass is 33.1. The van der Waals surface area contributed by atoms with E-state index in [1.165, 1.54) is 0 Å². The Balaban J connectivity index is 1.40. The van der Waals surface area contributed by atoms with Gasteiger partial charge in [0.15, 0.2) is 5.82 Å². The van der Waals surface area contributed by atoms with E-state index in [2.05, 4.69) is 41.4 Å². The summed E-state index contributed by atoms with van der Waals surface area (Å²) in [4.78, 5) is 26.0. The summed E-state index contributed by atoms with van der Waals surface area (Å²) < 4.78 is 13.0. The van der Waals surface area contributed by atoms with Gasteiger partial charge < -0.3 is 19.8 Å². The summed E-state index contributed by atoms with van der Waals surface area (Å²) in [6.07, 6.45) is 4.03. The van der Waals surface area contributed by atoms with Gasteiger partial charge in [-0.2, -0.15) is 0 Å². The van der Waals surface area contributed by atoms with Crippen molar-refractivity contribution in [2.75, 3.05) is 24.7 Å². The number of benzene rings is 1. The molecule has 8 nitrogen and oxygen atoms in total. The quantitative estimate of drug-likeness (QED) is 0.122. The number of nitrogen functional groups attached to an aromatic ring is 1. The number of rotatable bonds is 12. The van der Waals surface area contributed by atoms with Crippen molar-refractivity contribution in [3.8, 4) is 0 Å². The van der Waals surface area contributed by atoms with E-state index in [1.807, 2.05) is 36.4 Å². The lowest BCUT2D eigenvalue weighted by Gasteiger charge is -2.26. The lowest BCUT2D eigenvalue weighted by molar-refractivity contribution is 0.0290. The Kier molecular flexibility index (Phi) is 9.15. The molecule has 0 radical (unpaired) electrons. The molecule has 10 heteroatoms. The SMILES string of the molecule is CCCCc1nc2c(N)nc3ccccc3c2n1CC(C)(C)COC(=O)OCCSSc1ccccn1. The second-order valence-corrected chi connectivity index (χ2v) is 12.0. The molecule has 37 heavy (non-hydrogen) atoms. The molecular formula is C27H33N5O3S2. The lowest BCUT2D eigenvalue weighted by atomic mass is 9.94. The summed E-state index contributed by atoms with van der Waals surface area (Å²) in [5.74, 6) is 2.05. The second kappa shape index (κ2) is 12.5. The Labute approximate surface area is 225 Å². The number of ether oxygens (including phenoxy) is 2. The number of aromatic nitrogens is 4. The molecule has 196 valence electrons. The Morgan fingerprint density at radius 2 is 1.92 bits per heavy atom. The number of hydrogen-bond acceptors (Lipinski definition) is 9. The van der Waals surface area contributed by atoms with Crippen LogP contribution >= 0.6 is 21.6 Å². The van der Waals surface area contributed by atoms with Gasteiger partial charge in [0, 0.05) is 35.7 Å². The molecule has 0 aliphatic carbocycles. The summed E-state index contributed by atoms with van der Waals surface area (Å²) in [5.41, 5.74) is 8.50. The van der Waals surface area contributed by atoms with Crippen molar-refractivity contribution in [2.45, 2.75) is 51.6 Å². The molecule has 0 unspecified atom stereocenters. The normalized spacial score (nSPS) is 11.8. The van der Waals surface area contributed by atoms with Crippen molar-refractivity contribution in [1.82, 2.24) is 19.5 Å². The Morgan fingerprint density at radius 1 is 1.11 bits per heavy atom. The number of fused-ring (bicyclic) bond motifs is 3. The van der Waals surface area contributed by atoms with Crippen molar-refractivity contribution >= 4 is 55.5 Å². The number of imidazole rings is 1. The number of nitrogens with zero attached hydrogens (tertiary/aromatic N) is 4. The topological polar surface area (TPSA) is 105 Å². The zero-order valence-electron chi connectivity index (χ0n) is 21.5. The molecule has 3 aromatic heterocycles. The van der Waals surface area contributed by atoms with Crippen molar-refractivity contribution in [1.29, 1.82) is 0 Å². The van der Waals surface area contributed by atoms with Gasteiger partial charge in [0.2, 0.25) is 0 Å². The van der Waals surface area contributed by atoms with Gasteiger partial charge in [-0.1, -0.05) is 62.3 Å². The van der Waals surface area contributed by atoms with Gasteiger partial charge in [0.25, 0.3) is 0 Å². The molecule has 0 atom stereocenters. The average Bonchev–Trinajstić information content (AvgIpc) is 3.25. The van der Waals surface area contributed by atoms with Crippen molar-refractivity contribution in [3.63, 3.8) is 0 Å². The molecule has 4 aromatic rings. The molecule has 1 aromatic carbocycles. The maximum atomic E-state index is 12.2. The maximum Gasteiger partial charge on any atom is 0.508 e. The summed E-state index contributed by atoms with van der Waals surface area (Å²) in [6.45, 7) is 7.41. The fraction of sp³-hybridized carbons (Fsp3) is 0.407. The van der Waals surface area contributed by atoms with Crippen LogP contribution in [-0.4, -0.2) is 44.6 Å². The fourth-order valence-electron chi connectivity index (χ4n) is 4.03. The van der Waals surface area contributed by atoms with E-state index in [0.717, 1.165) is 52.0 Å². The van der Waals surface area contributed by atoms with Crippen LogP contribution in [0.4, 0.5) is 10.6 Å². The van der Waals surface area contributed by atoms with Crippen LogP contribution in [0.5, 0.6) is 0 Å². The minimum Gasteiger partial charge on any atom is -0.434 e. The smallest absolute Gasteiger partial charge is 0.434 e. The van der Waals surface area contributed by atoms with Crippen LogP contribution in [0.15, 0.2) is 53.7 Å². The highest BCUT2D eigenvalue weighted by Crippen LogP contribution is 2.32. The van der Waals surface area contributed by atoms with Crippen LogP contribution in [0.1, 0.15) is 39.4 Å². The Morgan fingerprint density at radius 3 is 2.70 bits per heavy atom. The molecule has 0 saturated heterocycles. The Hall–Kier alpha value is -2.98. The van der Waals surface area contributed by atoms with E-state index < -0.39 is 6.16 Å². The van der Waals surface area contributed by atoms with E-state index in [-0.39, 0.29) is 18.6 Å². The number of carbonyl (C=O) groups excluding carboxylic acids is 1. The summed E-state index contributed by atoms with van der Waals surface area (Å²) >= 11 is 0. The van der Waals surface area contributed by atoms with Crippen LogP contribution < -0.4 is 5.73 Å². The lowest BCUT2D eigenvalue weighted by Crippen LogP contribution is -2.28. The van der Waals surface area contributed by atoms with Crippen molar-refractivity contribution in [2.24, 2.45) is 5.41 Å². The number of para-hydroxylation sites is 1. The zero-order valence-corrected chi connectivity index (χ0v) is 23.1. The number of nitrogens with two attached hydrogens (primary N) is 1. The van der Waals surface area contributed by atoms with E-state index in [4.69, 9.17) is 20.2 Å². The molecule has 0 spiro atoms. The molecule has 0 aliphatic rings.